The minimum absolute atomic E-state index is 0.116. The minimum Gasteiger partial charge on any atom is -0.376 e. The first-order valence-electron chi connectivity index (χ1n) is 6.65. The number of benzene rings is 1. The van der Waals surface area contributed by atoms with Crippen molar-refractivity contribution < 1.29 is 4.79 Å². The Bertz CT molecular complexity index is 473. The van der Waals surface area contributed by atoms with E-state index < -0.39 is 0 Å². The van der Waals surface area contributed by atoms with Crippen molar-refractivity contribution in [1.82, 2.24) is 10.2 Å². The molecule has 0 radical (unpaired) electrons. The third kappa shape index (κ3) is 3.16. The number of carbonyl (C=O) groups is 1. The Morgan fingerprint density at radius 1 is 1.32 bits per heavy atom. The molecule has 1 aliphatic rings. The molecule has 19 heavy (non-hydrogen) atoms. The van der Waals surface area contributed by atoms with Crippen LogP contribution in [-0.2, 0) is 11.3 Å². The highest BCUT2D eigenvalue weighted by Crippen LogP contribution is 2.25. The summed E-state index contributed by atoms with van der Waals surface area (Å²) in [7, 11) is 0. The van der Waals surface area contributed by atoms with Crippen LogP contribution in [0, 0.1) is 5.41 Å². The van der Waals surface area contributed by atoms with Crippen LogP contribution in [0.2, 0.25) is 0 Å². The summed E-state index contributed by atoms with van der Waals surface area (Å²) in [6, 6.07) is 9.88. The Labute approximate surface area is 115 Å². The van der Waals surface area contributed by atoms with E-state index in [4.69, 9.17) is 0 Å². The molecule has 1 aliphatic heterocycles. The van der Waals surface area contributed by atoms with Gasteiger partial charge in [-0.3, -0.25) is 4.79 Å². The van der Waals surface area contributed by atoms with Crippen molar-refractivity contribution in [2.75, 3.05) is 6.54 Å². The number of amides is 1. The Morgan fingerprint density at radius 3 is 2.53 bits per heavy atom. The lowest BCUT2D eigenvalue weighted by atomic mass is 9.84. The molecular weight excluding hydrogens is 236 g/mol. The Balaban J connectivity index is 2.16. The molecule has 0 unspecified atom stereocenters. The maximum atomic E-state index is 12.5. The molecule has 0 aliphatic carbocycles. The van der Waals surface area contributed by atoms with Gasteiger partial charge in [-0.15, -0.1) is 0 Å². The van der Waals surface area contributed by atoms with Crippen LogP contribution in [-0.4, -0.2) is 23.4 Å². The quantitative estimate of drug-likeness (QED) is 0.884. The maximum absolute atomic E-state index is 12.5. The monoisotopic (exact) mass is 258 g/mol. The van der Waals surface area contributed by atoms with E-state index in [0.717, 1.165) is 11.3 Å². The number of carbonyl (C=O) groups excluding carboxylic acids is 1. The normalized spacial score (nSPS) is 20.4. The molecule has 3 nitrogen and oxygen atoms in total. The lowest BCUT2D eigenvalue weighted by molar-refractivity contribution is -0.138. The van der Waals surface area contributed by atoms with Crippen LogP contribution < -0.4 is 5.32 Å². The van der Waals surface area contributed by atoms with Gasteiger partial charge in [0.1, 0.15) is 6.04 Å². The summed E-state index contributed by atoms with van der Waals surface area (Å²) >= 11 is 0. The second-order valence-corrected chi connectivity index (χ2v) is 6.23. The first kappa shape index (κ1) is 13.7. The minimum atomic E-state index is -0.197. The zero-order valence-corrected chi connectivity index (χ0v) is 11.9. The molecule has 0 spiro atoms. The average molecular weight is 258 g/mol. The molecule has 1 amide bonds. The van der Waals surface area contributed by atoms with Crippen LogP contribution in [0.3, 0.4) is 0 Å². The van der Waals surface area contributed by atoms with E-state index in [-0.39, 0.29) is 17.4 Å². The highest BCUT2D eigenvalue weighted by Gasteiger charge is 2.37. The SMILES string of the molecule is C=C1CN(Cc2ccccc2)C(=O)[C@H](C(C)(C)C)N1. The largest absolute Gasteiger partial charge is 0.376 e. The van der Waals surface area contributed by atoms with Crippen LogP contribution in [0.1, 0.15) is 26.3 Å². The predicted octanol–water partition coefficient (Wildman–Crippen LogP) is 2.55. The third-order valence-corrected chi connectivity index (χ3v) is 3.37. The zero-order valence-electron chi connectivity index (χ0n) is 11.9. The molecular formula is C16H22N2O. The number of piperazine rings is 1. The summed E-state index contributed by atoms with van der Waals surface area (Å²) < 4.78 is 0. The van der Waals surface area contributed by atoms with E-state index in [0.29, 0.717) is 13.1 Å². The number of nitrogens with one attached hydrogen (secondary N) is 1. The van der Waals surface area contributed by atoms with Gasteiger partial charge < -0.3 is 10.2 Å². The van der Waals surface area contributed by atoms with Gasteiger partial charge in [-0.2, -0.15) is 0 Å². The van der Waals surface area contributed by atoms with E-state index in [2.05, 4.69) is 32.7 Å². The van der Waals surface area contributed by atoms with E-state index in [1.54, 1.807) is 0 Å². The first-order valence-corrected chi connectivity index (χ1v) is 6.65. The van der Waals surface area contributed by atoms with E-state index in [1.807, 2.05) is 35.2 Å². The molecule has 0 bridgehead atoms. The first-order chi connectivity index (χ1) is 8.88. The summed E-state index contributed by atoms with van der Waals surface area (Å²) in [5.74, 6) is 0.156. The summed E-state index contributed by atoms with van der Waals surface area (Å²) in [6.45, 7) is 11.4. The van der Waals surface area contributed by atoms with E-state index in [9.17, 15) is 4.79 Å². The molecule has 1 heterocycles. The van der Waals surface area contributed by atoms with Gasteiger partial charge in [0.25, 0.3) is 0 Å². The smallest absolute Gasteiger partial charge is 0.246 e. The topological polar surface area (TPSA) is 32.3 Å². The molecule has 1 aromatic rings. The predicted molar refractivity (Wildman–Crippen MR) is 77.4 cm³/mol. The van der Waals surface area contributed by atoms with Gasteiger partial charge in [0.2, 0.25) is 5.91 Å². The molecule has 0 saturated carbocycles. The number of nitrogens with zero attached hydrogens (tertiary/aromatic N) is 1. The molecule has 0 aromatic heterocycles. The maximum Gasteiger partial charge on any atom is 0.246 e. The Hall–Kier alpha value is -1.77. The number of rotatable bonds is 2. The zero-order chi connectivity index (χ0) is 14.0. The second-order valence-electron chi connectivity index (χ2n) is 6.23. The lowest BCUT2D eigenvalue weighted by Gasteiger charge is -2.41. The number of hydrogen-bond acceptors (Lipinski definition) is 2. The highest BCUT2D eigenvalue weighted by atomic mass is 16.2. The standard InChI is InChI=1S/C16H22N2O/c1-12-10-18(11-13-8-6-5-7-9-13)15(19)14(17-12)16(2,3)4/h5-9,14,17H,1,10-11H2,2-4H3/t14-/m1/s1. The molecule has 1 aromatic carbocycles. The van der Waals surface area contributed by atoms with E-state index >= 15 is 0 Å². The van der Waals surface area contributed by atoms with Gasteiger partial charge >= 0.3 is 0 Å². The Morgan fingerprint density at radius 2 is 1.95 bits per heavy atom. The summed E-state index contributed by atoms with van der Waals surface area (Å²) in [5.41, 5.74) is 1.95. The molecule has 1 saturated heterocycles. The van der Waals surface area contributed by atoms with Crippen LogP contribution in [0.4, 0.5) is 0 Å². The van der Waals surface area contributed by atoms with E-state index in [1.165, 1.54) is 0 Å². The van der Waals surface area contributed by atoms with Crippen molar-refractivity contribution in [3.8, 4) is 0 Å². The Kier molecular flexibility index (Phi) is 3.65. The molecule has 2 rings (SSSR count). The molecule has 102 valence electrons. The van der Waals surface area contributed by atoms with Gasteiger partial charge in [-0.05, 0) is 11.0 Å². The van der Waals surface area contributed by atoms with Crippen molar-refractivity contribution >= 4 is 5.91 Å². The van der Waals surface area contributed by atoms with Crippen LogP contribution >= 0.6 is 0 Å². The fraction of sp³-hybridized carbons (Fsp3) is 0.438. The molecule has 1 fully saturated rings. The van der Waals surface area contributed by atoms with Crippen molar-refractivity contribution in [2.24, 2.45) is 5.41 Å². The highest BCUT2D eigenvalue weighted by molar-refractivity contribution is 5.84. The second kappa shape index (κ2) is 5.08. The fourth-order valence-corrected chi connectivity index (χ4v) is 2.33. The van der Waals surface area contributed by atoms with Crippen LogP contribution in [0.15, 0.2) is 42.6 Å². The summed E-state index contributed by atoms with van der Waals surface area (Å²) in [5, 5.41) is 3.24. The fourth-order valence-electron chi connectivity index (χ4n) is 2.33. The molecule has 1 N–H and O–H groups in total. The average Bonchev–Trinajstić information content (AvgIpc) is 2.33. The summed E-state index contributed by atoms with van der Waals surface area (Å²) in [6.07, 6.45) is 0. The third-order valence-electron chi connectivity index (χ3n) is 3.37. The van der Waals surface area contributed by atoms with Gasteiger partial charge in [-0.1, -0.05) is 57.7 Å². The summed E-state index contributed by atoms with van der Waals surface area (Å²) in [4.78, 5) is 14.4. The number of hydrogen-bond donors (Lipinski definition) is 1. The lowest BCUT2D eigenvalue weighted by Crippen LogP contribution is -2.58. The van der Waals surface area contributed by atoms with Crippen molar-refractivity contribution in [3.63, 3.8) is 0 Å². The van der Waals surface area contributed by atoms with Gasteiger partial charge in [0.15, 0.2) is 0 Å². The van der Waals surface area contributed by atoms with Crippen molar-refractivity contribution in [3.05, 3.63) is 48.2 Å². The van der Waals surface area contributed by atoms with Gasteiger partial charge in [-0.25, -0.2) is 0 Å². The van der Waals surface area contributed by atoms with Crippen LogP contribution in [0.25, 0.3) is 0 Å². The molecule has 1 atom stereocenters. The van der Waals surface area contributed by atoms with Crippen molar-refractivity contribution in [1.29, 1.82) is 0 Å². The van der Waals surface area contributed by atoms with Crippen molar-refractivity contribution in [2.45, 2.75) is 33.4 Å². The van der Waals surface area contributed by atoms with Gasteiger partial charge in [0.05, 0.1) is 6.54 Å². The van der Waals surface area contributed by atoms with Gasteiger partial charge in [0, 0.05) is 12.2 Å². The molecule has 3 heteroatoms. The van der Waals surface area contributed by atoms with Crippen LogP contribution in [0.5, 0.6) is 0 Å².